The third kappa shape index (κ3) is 1.95. The van der Waals surface area contributed by atoms with Gasteiger partial charge in [0.1, 0.15) is 17.4 Å². The highest BCUT2D eigenvalue weighted by molar-refractivity contribution is 5.99. The number of carbonyl (C=O) groups excluding carboxylic acids is 2. The van der Waals surface area contributed by atoms with E-state index in [0.29, 0.717) is 5.82 Å². The van der Waals surface area contributed by atoms with Gasteiger partial charge in [-0.1, -0.05) is 0 Å². The van der Waals surface area contributed by atoms with Gasteiger partial charge < -0.3 is 10.2 Å². The van der Waals surface area contributed by atoms with Gasteiger partial charge >= 0.3 is 0 Å². The van der Waals surface area contributed by atoms with Crippen molar-refractivity contribution in [1.29, 1.82) is 0 Å². The minimum Gasteiger partial charge on any atom is -0.343 e. The summed E-state index contributed by atoms with van der Waals surface area (Å²) in [5, 5.41) is 2.79. The average Bonchev–Trinajstić information content (AvgIpc) is 3.27. The quantitative estimate of drug-likeness (QED) is 0.870. The normalized spacial score (nSPS) is 30.3. The summed E-state index contributed by atoms with van der Waals surface area (Å²) in [6.07, 6.45) is 5.26. The fraction of sp³-hybridized carbons (Fsp3) is 0.571. The highest BCUT2D eigenvalue weighted by Gasteiger charge is 2.56. The van der Waals surface area contributed by atoms with E-state index in [0.717, 1.165) is 12.8 Å². The van der Waals surface area contributed by atoms with Gasteiger partial charge in [-0.15, -0.1) is 0 Å². The van der Waals surface area contributed by atoms with Crippen LogP contribution in [0.25, 0.3) is 0 Å². The van der Waals surface area contributed by atoms with Gasteiger partial charge in [0.05, 0.1) is 6.54 Å². The van der Waals surface area contributed by atoms with Crippen molar-refractivity contribution in [3.63, 3.8) is 0 Å². The Morgan fingerprint density at radius 1 is 1.35 bits per heavy atom. The van der Waals surface area contributed by atoms with Crippen LogP contribution in [0.1, 0.15) is 32.5 Å². The summed E-state index contributed by atoms with van der Waals surface area (Å²) in [6.45, 7) is 3.85. The van der Waals surface area contributed by atoms with Gasteiger partial charge in [0.2, 0.25) is 11.8 Å². The van der Waals surface area contributed by atoms with E-state index in [1.165, 1.54) is 0 Å². The molecule has 0 radical (unpaired) electrons. The van der Waals surface area contributed by atoms with Gasteiger partial charge in [0, 0.05) is 12.4 Å². The van der Waals surface area contributed by atoms with Crippen LogP contribution in [0, 0.1) is 5.92 Å². The molecular formula is C14H18N4O2. The third-order valence-electron chi connectivity index (χ3n) is 4.30. The van der Waals surface area contributed by atoms with Crippen LogP contribution in [0.2, 0.25) is 0 Å². The number of piperazine rings is 1. The molecule has 6 heteroatoms. The van der Waals surface area contributed by atoms with Gasteiger partial charge in [0.25, 0.3) is 0 Å². The Morgan fingerprint density at radius 3 is 2.60 bits per heavy atom. The van der Waals surface area contributed by atoms with Crippen LogP contribution in [0.3, 0.4) is 0 Å². The molecule has 1 saturated heterocycles. The van der Waals surface area contributed by atoms with Crippen molar-refractivity contribution >= 4 is 11.8 Å². The van der Waals surface area contributed by atoms with Gasteiger partial charge in [-0.25, -0.2) is 9.97 Å². The summed E-state index contributed by atoms with van der Waals surface area (Å²) in [5.41, 5.74) is -0.775. The smallest absolute Gasteiger partial charge is 0.246 e. The van der Waals surface area contributed by atoms with Crippen molar-refractivity contribution in [2.24, 2.45) is 5.92 Å². The van der Waals surface area contributed by atoms with Crippen molar-refractivity contribution < 1.29 is 9.59 Å². The Morgan fingerprint density at radius 2 is 2.00 bits per heavy atom. The second-order valence-corrected chi connectivity index (χ2v) is 5.71. The predicted octanol–water partition coefficient (Wildman–Crippen LogP) is 0.492. The lowest BCUT2D eigenvalue weighted by Gasteiger charge is -2.45. The Balaban J connectivity index is 1.94. The number of hydrogen-bond acceptors (Lipinski definition) is 4. The SMILES string of the molecule is CC1NC(=O)C(C)(C2CC2)N(Cc2ncccn2)C1=O. The molecule has 1 aliphatic heterocycles. The van der Waals surface area contributed by atoms with Gasteiger partial charge in [-0.2, -0.15) is 0 Å². The van der Waals surface area contributed by atoms with Crippen LogP contribution in [0.4, 0.5) is 0 Å². The number of carbonyl (C=O) groups is 2. The summed E-state index contributed by atoms with van der Waals surface area (Å²) in [6, 6.07) is 1.25. The molecule has 0 aromatic carbocycles. The zero-order valence-corrected chi connectivity index (χ0v) is 11.7. The van der Waals surface area contributed by atoms with E-state index in [2.05, 4.69) is 15.3 Å². The minimum absolute atomic E-state index is 0.0635. The van der Waals surface area contributed by atoms with Crippen LogP contribution in [-0.2, 0) is 16.1 Å². The zero-order chi connectivity index (χ0) is 14.3. The number of amides is 2. The summed E-state index contributed by atoms with van der Waals surface area (Å²) >= 11 is 0. The molecule has 0 bridgehead atoms. The maximum absolute atomic E-state index is 12.5. The number of rotatable bonds is 3. The standard InChI is InChI=1S/C14H18N4O2/c1-9-12(19)18(8-11-15-6-3-7-16-11)14(2,10-4-5-10)13(20)17-9/h3,6-7,9-10H,4-5,8H2,1-2H3,(H,17,20). The Bertz CT molecular complexity index is 543. The minimum atomic E-state index is -0.775. The second kappa shape index (κ2) is 4.54. The monoisotopic (exact) mass is 274 g/mol. The van der Waals surface area contributed by atoms with Gasteiger partial charge in [-0.05, 0) is 38.7 Å². The maximum Gasteiger partial charge on any atom is 0.246 e. The third-order valence-corrected chi connectivity index (χ3v) is 4.30. The molecule has 2 unspecified atom stereocenters. The van der Waals surface area contributed by atoms with Crippen molar-refractivity contribution in [3.8, 4) is 0 Å². The molecule has 1 aromatic heterocycles. The molecule has 20 heavy (non-hydrogen) atoms. The van der Waals surface area contributed by atoms with Crippen LogP contribution >= 0.6 is 0 Å². The lowest BCUT2D eigenvalue weighted by Crippen LogP contribution is -2.69. The Hall–Kier alpha value is -1.98. The first-order chi connectivity index (χ1) is 9.53. The molecule has 6 nitrogen and oxygen atoms in total. The fourth-order valence-electron chi connectivity index (χ4n) is 2.84. The molecule has 2 heterocycles. The molecule has 0 spiro atoms. The number of hydrogen-bond donors (Lipinski definition) is 1. The fourth-order valence-corrected chi connectivity index (χ4v) is 2.84. The van der Waals surface area contributed by atoms with E-state index in [1.807, 2.05) is 6.92 Å². The van der Waals surface area contributed by atoms with Crippen molar-refractivity contribution in [2.75, 3.05) is 0 Å². The van der Waals surface area contributed by atoms with Gasteiger partial charge in [0.15, 0.2) is 0 Å². The highest BCUT2D eigenvalue weighted by Crippen LogP contribution is 2.45. The Kier molecular flexibility index (Phi) is 2.96. The van der Waals surface area contributed by atoms with Crippen LogP contribution in [0.15, 0.2) is 18.5 Å². The van der Waals surface area contributed by atoms with Crippen molar-refractivity contribution in [3.05, 3.63) is 24.3 Å². The molecule has 106 valence electrons. The van der Waals surface area contributed by atoms with E-state index in [-0.39, 0.29) is 24.3 Å². The molecule has 2 fully saturated rings. The first kappa shape index (κ1) is 13.0. The van der Waals surface area contributed by atoms with Crippen molar-refractivity contribution in [2.45, 2.75) is 44.8 Å². The highest BCUT2D eigenvalue weighted by atomic mass is 16.2. The molecule has 1 saturated carbocycles. The van der Waals surface area contributed by atoms with Crippen LogP contribution < -0.4 is 5.32 Å². The molecule has 2 atom stereocenters. The van der Waals surface area contributed by atoms with E-state index < -0.39 is 11.6 Å². The van der Waals surface area contributed by atoms with E-state index >= 15 is 0 Å². The Labute approximate surface area is 117 Å². The number of nitrogens with zero attached hydrogens (tertiary/aromatic N) is 3. The van der Waals surface area contributed by atoms with Gasteiger partial charge in [-0.3, -0.25) is 9.59 Å². The second-order valence-electron chi connectivity index (χ2n) is 5.71. The topological polar surface area (TPSA) is 75.2 Å². The molecule has 1 aromatic rings. The molecule has 2 aliphatic rings. The lowest BCUT2D eigenvalue weighted by molar-refractivity contribution is -0.158. The van der Waals surface area contributed by atoms with E-state index in [1.54, 1.807) is 30.3 Å². The van der Waals surface area contributed by atoms with Crippen LogP contribution in [-0.4, -0.2) is 38.3 Å². The first-order valence-electron chi connectivity index (χ1n) is 6.92. The molecular weight excluding hydrogens is 256 g/mol. The molecule has 3 rings (SSSR count). The zero-order valence-electron chi connectivity index (χ0n) is 11.7. The molecule has 2 amide bonds. The van der Waals surface area contributed by atoms with E-state index in [9.17, 15) is 9.59 Å². The largest absolute Gasteiger partial charge is 0.343 e. The average molecular weight is 274 g/mol. The first-order valence-corrected chi connectivity index (χ1v) is 6.92. The molecule has 1 aliphatic carbocycles. The van der Waals surface area contributed by atoms with Crippen molar-refractivity contribution in [1.82, 2.24) is 20.2 Å². The predicted molar refractivity (Wildman–Crippen MR) is 71.3 cm³/mol. The molecule has 1 N–H and O–H groups in total. The van der Waals surface area contributed by atoms with E-state index in [4.69, 9.17) is 0 Å². The number of aromatic nitrogens is 2. The lowest BCUT2D eigenvalue weighted by atomic mass is 9.88. The summed E-state index contributed by atoms with van der Waals surface area (Å²) < 4.78 is 0. The summed E-state index contributed by atoms with van der Waals surface area (Å²) in [4.78, 5) is 34.9. The summed E-state index contributed by atoms with van der Waals surface area (Å²) in [5.74, 6) is 0.673. The maximum atomic E-state index is 12.5. The number of nitrogens with one attached hydrogen (secondary N) is 1. The van der Waals surface area contributed by atoms with Crippen LogP contribution in [0.5, 0.6) is 0 Å². The summed E-state index contributed by atoms with van der Waals surface area (Å²) in [7, 11) is 0.